The molecule has 0 aliphatic carbocycles. The van der Waals surface area contributed by atoms with E-state index in [2.05, 4.69) is 5.32 Å². The molecule has 1 N–H and O–H groups in total. The maximum absolute atomic E-state index is 12.0. The number of sulfone groups is 1. The molecule has 104 valence electrons. The van der Waals surface area contributed by atoms with Gasteiger partial charge in [0.15, 0.2) is 9.84 Å². The van der Waals surface area contributed by atoms with Crippen molar-refractivity contribution >= 4 is 27.1 Å². The van der Waals surface area contributed by atoms with Gasteiger partial charge in [0.1, 0.15) is 0 Å². The van der Waals surface area contributed by atoms with Crippen molar-refractivity contribution in [2.75, 3.05) is 18.8 Å². The summed E-state index contributed by atoms with van der Waals surface area (Å²) >= 11 is 5.88. The molecule has 1 aliphatic heterocycles. The van der Waals surface area contributed by atoms with E-state index in [4.69, 9.17) is 11.6 Å². The summed E-state index contributed by atoms with van der Waals surface area (Å²) in [5.41, 5.74) is -0.177. The Hall–Kier alpha value is -1.18. The van der Waals surface area contributed by atoms with Crippen LogP contribution in [0, 0.1) is 16.0 Å². The van der Waals surface area contributed by atoms with E-state index in [1.54, 1.807) is 0 Å². The largest absolute Gasteiger partial charge is 0.316 e. The molecule has 0 spiro atoms. The Morgan fingerprint density at radius 3 is 2.63 bits per heavy atom. The Kier molecular flexibility index (Phi) is 4.07. The number of nitro groups is 1. The fourth-order valence-corrected chi connectivity index (χ4v) is 4.10. The molecule has 2 rings (SSSR count). The molecule has 0 saturated carbocycles. The Morgan fingerprint density at radius 1 is 1.42 bits per heavy atom. The highest BCUT2D eigenvalue weighted by Crippen LogP contribution is 2.28. The zero-order valence-corrected chi connectivity index (χ0v) is 11.6. The summed E-state index contributed by atoms with van der Waals surface area (Å²) in [5.74, 6) is -0.270. The van der Waals surface area contributed by atoms with Gasteiger partial charge in [-0.05, 0) is 12.0 Å². The van der Waals surface area contributed by atoms with Crippen molar-refractivity contribution in [3.63, 3.8) is 0 Å². The molecular formula is C11H13ClN2O4S. The second kappa shape index (κ2) is 5.44. The lowest BCUT2D eigenvalue weighted by Gasteiger charge is -2.26. The highest BCUT2D eigenvalue weighted by atomic mass is 35.5. The summed E-state index contributed by atoms with van der Waals surface area (Å²) in [6.45, 7) is 1.34. The van der Waals surface area contributed by atoms with E-state index >= 15 is 0 Å². The Morgan fingerprint density at radius 2 is 2.11 bits per heavy atom. The number of nitrogens with one attached hydrogen (secondary N) is 1. The molecule has 0 aromatic heterocycles. The monoisotopic (exact) mass is 304 g/mol. The first-order valence-electron chi connectivity index (χ1n) is 5.72. The van der Waals surface area contributed by atoms with Gasteiger partial charge >= 0.3 is 0 Å². The number of benzene rings is 1. The Labute approximate surface area is 115 Å². The van der Waals surface area contributed by atoms with Crippen LogP contribution < -0.4 is 5.32 Å². The summed E-state index contributed by atoms with van der Waals surface area (Å²) in [6, 6.07) is 4.17. The van der Waals surface area contributed by atoms with Gasteiger partial charge in [-0.25, -0.2) is 8.42 Å². The second-order valence-electron chi connectivity index (χ2n) is 4.57. The lowest BCUT2D eigenvalue weighted by atomic mass is 10.1. The van der Waals surface area contributed by atoms with E-state index in [-0.39, 0.29) is 33.7 Å². The predicted octanol–water partition coefficient (Wildman–Crippen LogP) is 1.38. The quantitative estimate of drug-likeness (QED) is 0.656. The molecule has 1 aromatic rings. The third-order valence-corrected chi connectivity index (χ3v) is 5.07. The number of nitro benzene ring substituents is 1. The summed E-state index contributed by atoms with van der Waals surface area (Å²) in [6.07, 6.45) is 0. The number of rotatable bonds is 5. The first-order valence-corrected chi connectivity index (χ1v) is 7.92. The van der Waals surface area contributed by atoms with Gasteiger partial charge in [0.25, 0.3) is 5.69 Å². The highest BCUT2D eigenvalue weighted by Gasteiger charge is 2.28. The van der Waals surface area contributed by atoms with Gasteiger partial charge < -0.3 is 5.32 Å². The molecule has 0 bridgehead atoms. The molecule has 1 heterocycles. The smallest absolute Gasteiger partial charge is 0.275 e. The molecule has 0 amide bonds. The summed E-state index contributed by atoms with van der Waals surface area (Å²) in [5, 5.41) is 14.0. The zero-order chi connectivity index (χ0) is 14.0. The van der Waals surface area contributed by atoms with Gasteiger partial charge in [-0.3, -0.25) is 10.1 Å². The number of halogens is 1. The minimum absolute atomic E-state index is 0.0301. The van der Waals surface area contributed by atoms with Crippen molar-refractivity contribution in [3.8, 4) is 0 Å². The lowest BCUT2D eigenvalue weighted by Crippen LogP contribution is -2.45. The lowest BCUT2D eigenvalue weighted by molar-refractivity contribution is -0.385. The van der Waals surface area contributed by atoms with Crippen LogP contribution in [-0.4, -0.2) is 32.2 Å². The molecule has 0 radical (unpaired) electrons. The van der Waals surface area contributed by atoms with Gasteiger partial charge in [0.05, 0.1) is 27.0 Å². The van der Waals surface area contributed by atoms with Crippen LogP contribution in [0.5, 0.6) is 0 Å². The minimum Gasteiger partial charge on any atom is -0.316 e. The molecule has 1 aromatic carbocycles. The highest BCUT2D eigenvalue weighted by molar-refractivity contribution is 7.90. The Bertz CT molecular complexity index is 599. The number of nitrogens with zero attached hydrogens (tertiary/aromatic N) is 1. The van der Waals surface area contributed by atoms with Crippen LogP contribution in [0.1, 0.15) is 5.56 Å². The van der Waals surface area contributed by atoms with Crippen LogP contribution in [0.25, 0.3) is 0 Å². The van der Waals surface area contributed by atoms with Crippen molar-refractivity contribution < 1.29 is 13.3 Å². The van der Waals surface area contributed by atoms with Gasteiger partial charge in [-0.1, -0.05) is 17.7 Å². The summed E-state index contributed by atoms with van der Waals surface area (Å²) < 4.78 is 24.0. The molecule has 1 saturated heterocycles. The SMILES string of the molecule is O=[N+]([O-])c1cccc(Cl)c1CS(=O)(=O)CC1CNC1. The topological polar surface area (TPSA) is 89.3 Å². The van der Waals surface area contributed by atoms with E-state index in [0.717, 1.165) is 0 Å². The van der Waals surface area contributed by atoms with Crippen LogP contribution in [-0.2, 0) is 15.6 Å². The molecule has 8 heteroatoms. The van der Waals surface area contributed by atoms with Crippen molar-refractivity contribution in [1.29, 1.82) is 0 Å². The van der Waals surface area contributed by atoms with E-state index in [1.807, 2.05) is 0 Å². The maximum Gasteiger partial charge on any atom is 0.275 e. The van der Waals surface area contributed by atoms with Crippen molar-refractivity contribution in [3.05, 3.63) is 38.9 Å². The second-order valence-corrected chi connectivity index (χ2v) is 7.09. The van der Waals surface area contributed by atoms with Crippen LogP contribution >= 0.6 is 11.6 Å². The molecule has 19 heavy (non-hydrogen) atoms. The van der Waals surface area contributed by atoms with Crippen molar-refractivity contribution in [2.45, 2.75) is 5.75 Å². The number of hydrogen-bond acceptors (Lipinski definition) is 5. The van der Waals surface area contributed by atoms with Crippen molar-refractivity contribution in [1.82, 2.24) is 5.32 Å². The zero-order valence-electron chi connectivity index (χ0n) is 10.0. The molecule has 0 unspecified atom stereocenters. The standard InChI is InChI=1S/C11H13ClN2O4S/c12-10-2-1-3-11(14(15)16)9(10)7-19(17,18)6-8-4-13-5-8/h1-3,8,13H,4-7H2. The van der Waals surface area contributed by atoms with Crippen LogP contribution in [0.15, 0.2) is 18.2 Å². The van der Waals surface area contributed by atoms with Gasteiger partial charge in [0.2, 0.25) is 0 Å². The molecular weight excluding hydrogens is 292 g/mol. The van der Waals surface area contributed by atoms with Gasteiger partial charge in [-0.15, -0.1) is 0 Å². The third-order valence-electron chi connectivity index (χ3n) is 3.01. The van der Waals surface area contributed by atoms with E-state index in [1.165, 1.54) is 18.2 Å². The average Bonchev–Trinajstić information content (AvgIpc) is 2.26. The predicted molar refractivity (Wildman–Crippen MR) is 72.0 cm³/mol. The molecule has 0 atom stereocenters. The van der Waals surface area contributed by atoms with Crippen LogP contribution in [0.4, 0.5) is 5.69 Å². The van der Waals surface area contributed by atoms with E-state index < -0.39 is 14.8 Å². The maximum atomic E-state index is 12.0. The fraction of sp³-hybridized carbons (Fsp3) is 0.455. The first kappa shape index (κ1) is 14.2. The Balaban J connectivity index is 2.24. The summed E-state index contributed by atoms with van der Waals surface area (Å²) in [7, 11) is -3.40. The van der Waals surface area contributed by atoms with Gasteiger partial charge in [-0.2, -0.15) is 0 Å². The number of hydrogen-bond donors (Lipinski definition) is 1. The van der Waals surface area contributed by atoms with Crippen LogP contribution in [0.2, 0.25) is 5.02 Å². The van der Waals surface area contributed by atoms with Crippen LogP contribution in [0.3, 0.4) is 0 Å². The average molecular weight is 305 g/mol. The van der Waals surface area contributed by atoms with Crippen molar-refractivity contribution in [2.24, 2.45) is 5.92 Å². The minimum atomic E-state index is -3.40. The normalized spacial score (nSPS) is 16.1. The molecule has 6 nitrogen and oxygen atoms in total. The molecule has 1 fully saturated rings. The first-order chi connectivity index (χ1) is 8.89. The van der Waals surface area contributed by atoms with E-state index in [9.17, 15) is 18.5 Å². The summed E-state index contributed by atoms with van der Waals surface area (Å²) in [4.78, 5) is 10.3. The third kappa shape index (κ3) is 3.43. The molecule has 1 aliphatic rings. The fourth-order valence-electron chi connectivity index (χ4n) is 1.97. The van der Waals surface area contributed by atoms with E-state index in [0.29, 0.717) is 13.1 Å². The van der Waals surface area contributed by atoms with Gasteiger partial charge in [0, 0.05) is 19.2 Å².